The van der Waals surface area contributed by atoms with E-state index in [-0.39, 0.29) is 5.56 Å². The van der Waals surface area contributed by atoms with E-state index in [0.717, 1.165) is 104 Å². The third-order valence-corrected chi connectivity index (χ3v) is 13.6. The first-order chi connectivity index (χ1) is 36.8. The van der Waals surface area contributed by atoms with Crippen molar-refractivity contribution in [3.63, 3.8) is 0 Å². The highest BCUT2D eigenvalue weighted by molar-refractivity contribution is 5.95. The van der Waals surface area contributed by atoms with E-state index in [1.807, 2.05) is 93.0 Å². The summed E-state index contributed by atoms with van der Waals surface area (Å²) in [6, 6.07) is 70.8. The first kappa shape index (κ1) is 44.0. The summed E-state index contributed by atoms with van der Waals surface area (Å²) in [4.78, 5) is 13.9. The molecule has 7 aromatic carbocycles. The van der Waals surface area contributed by atoms with Crippen molar-refractivity contribution in [3.8, 4) is 90.4 Å². The zero-order chi connectivity index (χ0) is 52.8. The lowest BCUT2D eigenvalue weighted by Crippen LogP contribution is -1.98. The number of rotatable bonds is 15. The number of aromatic nitrogens is 3. The Kier molecular flexibility index (Phi) is 13.2. The topological polar surface area (TPSA) is 86.2 Å². The number of aryl methyl sites for hydroxylation is 5. The van der Waals surface area contributed by atoms with Gasteiger partial charge >= 0.3 is 0 Å². The number of nitriles is 2. The number of benzene rings is 7. The van der Waals surface area contributed by atoms with Gasteiger partial charge in [-0.15, -0.1) is 0 Å². The van der Waals surface area contributed by atoms with Gasteiger partial charge in [0.05, 0.1) is 40.3 Å². The van der Waals surface area contributed by atoms with Crippen LogP contribution in [0.3, 0.4) is 0 Å². The van der Waals surface area contributed by atoms with Crippen LogP contribution >= 0.6 is 0 Å². The summed E-state index contributed by atoms with van der Waals surface area (Å²) in [6.07, 6.45) is 7.09. The summed E-state index contributed by atoms with van der Waals surface area (Å²) in [7, 11) is 0. The molecule has 10 aromatic rings. The monoisotopic (exact) mass is 944 g/mol. The Morgan fingerprint density at radius 2 is 0.945 bits per heavy atom. The van der Waals surface area contributed by atoms with Crippen LogP contribution < -0.4 is 0 Å². The highest BCUT2D eigenvalue weighted by atomic mass is 14.7. The first-order valence-corrected chi connectivity index (χ1v) is 24.7. The van der Waals surface area contributed by atoms with Crippen LogP contribution in [0, 0.1) is 22.7 Å². The van der Waals surface area contributed by atoms with E-state index in [0.29, 0.717) is 16.7 Å². The van der Waals surface area contributed by atoms with Gasteiger partial charge < -0.3 is 0 Å². The zero-order valence-electron chi connectivity index (χ0n) is 44.3. The fraction of sp³-hybridized carbons (Fsp3) is 0.132. The average molecular weight is 945 g/mol. The predicted molar refractivity (Wildman–Crippen MR) is 298 cm³/mol. The molecular weight excluding hydrogens is 887 g/mol. The summed E-state index contributed by atoms with van der Waals surface area (Å²) in [6.45, 7) is 5.15. The van der Waals surface area contributed by atoms with Crippen LogP contribution in [0.4, 0.5) is 0 Å². The molecule has 0 amide bonds. The summed E-state index contributed by atoms with van der Waals surface area (Å²) in [5, 5.41) is 20.8. The van der Waals surface area contributed by atoms with Gasteiger partial charge in [-0.1, -0.05) is 160 Å². The van der Waals surface area contributed by atoms with Gasteiger partial charge in [0.1, 0.15) is 0 Å². The van der Waals surface area contributed by atoms with Crippen LogP contribution in [0.1, 0.15) is 75.3 Å². The molecule has 0 aliphatic heterocycles. The van der Waals surface area contributed by atoms with Crippen molar-refractivity contribution >= 4 is 0 Å². The fourth-order valence-corrected chi connectivity index (χ4v) is 9.61. The Balaban J connectivity index is 1.06. The quantitative estimate of drug-likeness (QED) is 0.102. The maximum Gasteiger partial charge on any atom is 0.0998 e. The number of pyridine rings is 3. The van der Waals surface area contributed by atoms with Gasteiger partial charge in [-0.05, 0) is 165 Å². The highest BCUT2D eigenvalue weighted by Crippen LogP contribution is 2.42. The van der Waals surface area contributed by atoms with Crippen molar-refractivity contribution in [3.05, 3.63) is 257 Å². The van der Waals surface area contributed by atoms with E-state index in [4.69, 9.17) is 9.10 Å². The van der Waals surface area contributed by atoms with Crippen molar-refractivity contribution in [1.29, 1.82) is 10.5 Å². The molecule has 5 nitrogen and oxygen atoms in total. The van der Waals surface area contributed by atoms with Crippen molar-refractivity contribution in [2.75, 3.05) is 0 Å². The largest absolute Gasteiger partial charge is 0.256 e. The summed E-state index contributed by atoms with van der Waals surface area (Å²) in [5.74, 6) is -0.807. The molecule has 0 radical (unpaired) electrons. The van der Waals surface area contributed by atoms with Crippen LogP contribution in [0.15, 0.2) is 213 Å². The summed E-state index contributed by atoms with van der Waals surface area (Å²) >= 11 is 0. The third-order valence-electron chi connectivity index (χ3n) is 13.6. The maximum atomic E-state index is 11.0. The minimum atomic E-state index is -1.74. The van der Waals surface area contributed by atoms with E-state index in [1.54, 1.807) is 24.4 Å². The molecule has 0 unspecified atom stereocenters. The minimum Gasteiger partial charge on any atom is -0.256 e. The molecule has 5 heteroatoms. The van der Waals surface area contributed by atoms with E-state index in [1.165, 1.54) is 29.2 Å². The molecule has 0 bridgehead atoms. The van der Waals surface area contributed by atoms with Gasteiger partial charge in [0.25, 0.3) is 0 Å². The number of hydrogen-bond acceptors (Lipinski definition) is 5. The van der Waals surface area contributed by atoms with Crippen molar-refractivity contribution in [2.24, 2.45) is 0 Å². The standard InChI is InChI=1S/C68H55N5/c1-4-51-40-54(27-28-57(51)43-69)55-29-32-62(60(41-55)44-70)65-42-56(68-34-31-58(45-73-68)46(2)3)30-33-64(65)63-12-6-5-11-61(63)59-38-49(17-15-47-19-23-52(24-20-47)66-13-7-9-35-71-66)37-50(39-59)18-16-48-21-25-53(26-22-48)67-14-8-10-36-72-67/h5-14,19-42,45-46H,4,15-18H2,1-3H3/i4D2,46D. The summed E-state index contributed by atoms with van der Waals surface area (Å²) in [5.41, 5.74) is 19.7. The van der Waals surface area contributed by atoms with Gasteiger partial charge in [0, 0.05) is 45.0 Å². The zero-order valence-corrected chi connectivity index (χ0v) is 41.3. The SMILES string of the molecule is [2H]C([2H])(C)c1cc(-c2ccc(-c3cc(-c4ccc(C([2H])(C)C)cn4)ccc3-c3ccccc3-c3cc(CCc4ccc(-c5ccccn5)cc4)cc(CCc4ccc(-c5ccccn5)cc4)c3)c(C#N)c2)ccc1C#N. The lowest BCUT2D eigenvalue weighted by Gasteiger charge is -2.19. The van der Waals surface area contributed by atoms with Crippen LogP contribution in [0.5, 0.6) is 0 Å². The molecular formula is C68H55N5. The van der Waals surface area contributed by atoms with Gasteiger partial charge in [-0.3, -0.25) is 15.0 Å². The number of nitrogens with zero attached hydrogens (tertiary/aromatic N) is 5. The molecule has 73 heavy (non-hydrogen) atoms. The molecule has 0 saturated carbocycles. The lowest BCUT2D eigenvalue weighted by molar-refractivity contribution is 0.859. The van der Waals surface area contributed by atoms with Crippen LogP contribution in [-0.2, 0) is 32.1 Å². The molecule has 0 aliphatic rings. The third kappa shape index (κ3) is 10.8. The highest BCUT2D eigenvalue weighted by Gasteiger charge is 2.19. The van der Waals surface area contributed by atoms with E-state index >= 15 is 0 Å². The Bertz CT molecular complexity index is 3670. The van der Waals surface area contributed by atoms with E-state index < -0.39 is 12.3 Å². The van der Waals surface area contributed by atoms with E-state index in [9.17, 15) is 10.5 Å². The summed E-state index contributed by atoms with van der Waals surface area (Å²) < 4.78 is 25.5. The van der Waals surface area contributed by atoms with Gasteiger partial charge in [-0.2, -0.15) is 10.5 Å². The number of hydrogen-bond donors (Lipinski definition) is 0. The van der Waals surface area contributed by atoms with Gasteiger partial charge in [0.15, 0.2) is 0 Å². The molecule has 0 aliphatic carbocycles. The van der Waals surface area contributed by atoms with Gasteiger partial charge in [0.2, 0.25) is 0 Å². The first-order valence-electron chi connectivity index (χ1n) is 26.2. The molecule has 0 saturated heterocycles. The Morgan fingerprint density at radius 1 is 0.425 bits per heavy atom. The molecule has 3 aromatic heterocycles. The molecule has 10 rings (SSSR count). The van der Waals surface area contributed by atoms with Crippen molar-refractivity contribution in [1.82, 2.24) is 15.0 Å². The second kappa shape index (κ2) is 21.9. The maximum absolute atomic E-state index is 11.0. The second-order valence-electron chi connectivity index (χ2n) is 18.6. The smallest absolute Gasteiger partial charge is 0.0998 e. The Hall–Kier alpha value is -9.03. The molecule has 3 heterocycles. The van der Waals surface area contributed by atoms with Crippen molar-refractivity contribution in [2.45, 2.75) is 58.7 Å². The molecule has 352 valence electrons. The Morgan fingerprint density at radius 3 is 1.51 bits per heavy atom. The molecule has 0 atom stereocenters. The minimum absolute atomic E-state index is 0.276. The lowest BCUT2D eigenvalue weighted by atomic mass is 9.85. The van der Waals surface area contributed by atoms with Crippen LogP contribution in [0.2, 0.25) is 0 Å². The predicted octanol–water partition coefficient (Wildman–Crippen LogP) is 16.5. The van der Waals surface area contributed by atoms with Gasteiger partial charge in [-0.25, -0.2) is 0 Å². The molecule has 0 spiro atoms. The van der Waals surface area contributed by atoms with Crippen molar-refractivity contribution < 1.29 is 4.11 Å². The average Bonchev–Trinajstić information content (AvgIpc) is 3.46. The normalized spacial score (nSPS) is 12.0. The van der Waals surface area contributed by atoms with Crippen LogP contribution in [0.25, 0.3) is 78.3 Å². The Labute approximate surface area is 434 Å². The fourth-order valence-electron chi connectivity index (χ4n) is 9.61. The molecule has 0 N–H and O–H groups in total. The van der Waals surface area contributed by atoms with E-state index in [2.05, 4.69) is 131 Å². The second-order valence-corrected chi connectivity index (χ2v) is 18.6. The van der Waals surface area contributed by atoms with Crippen LogP contribution in [-0.4, -0.2) is 15.0 Å². The molecule has 0 fully saturated rings.